The molecule has 0 aliphatic carbocycles. The quantitative estimate of drug-likeness (QED) is 0.754. The molecule has 0 spiro atoms. The maximum atomic E-state index is 13.4. The Kier molecular flexibility index (Phi) is 2.21. The van der Waals surface area contributed by atoms with E-state index in [-0.39, 0.29) is 17.1 Å². The smallest absolute Gasteiger partial charge is 0.155 e. The van der Waals surface area contributed by atoms with Crippen molar-refractivity contribution in [2.45, 2.75) is 0 Å². The number of anilines is 1. The minimum absolute atomic E-state index is 0.134. The van der Waals surface area contributed by atoms with Crippen LogP contribution in [0.15, 0.2) is 30.5 Å². The van der Waals surface area contributed by atoms with Gasteiger partial charge in [0.2, 0.25) is 0 Å². The predicted molar refractivity (Wildman–Crippen MR) is 53.3 cm³/mol. The van der Waals surface area contributed by atoms with Crippen LogP contribution in [-0.2, 0) is 0 Å². The van der Waals surface area contributed by atoms with Crippen LogP contribution < -0.4 is 5.73 Å². The first-order valence-corrected chi connectivity index (χ1v) is 4.27. The average molecular weight is 205 g/mol. The van der Waals surface area contributed by atoms with Crippen LogP contribution in [0.1, 0.15) is 10.4 Å². The van der Waals surface area contributed by atoms with E-state index < -0.39 is 5.82 Å². The van der Waals surface area contributed by atoms with E-state index in [2.05, 4.69) is 5.10 Å². The van der Waals surface area contributed by atoms with Crippen molar-refractivity contribution in [1.82, 2.24) is 9.78 Å². The van der Waals surface area contributed by atoms with Crippen molar-refractivity contribution < 1.29 is 9.18 Å². The summed E-state index contributed by atoms with van der Waals surface area (Å²) in [7, 11) is 0. The van der Waals surface area contributed by atoms with Crippen LogP contribution in [0.25, 0.3) is 5.69 Å². The molecule has 0 aliphatic rings. The zero-order chi connectivity index (χ0) is 10.8. The molecule has 4 nitrogen and oxygen atoms in total. The molecule has 0 saturated carbocycles. The van der Waals surface area contributed by atoms with E-state index in [1.807, 2.05) is 0 Å². The Morgan fingerprint density at radius 3 is 2.73 bits per heavy atom. The normalized spacial score (nSPS) is 10.2. The molecule has 1 heterocycles. The van der Waals surface area contributed by atoms with Crippen LogP contribution in [0, 0.1) is 5.82 Å². The summed E-state index contributed by atoms with van der Waals surface area (Å²) in [4.78, 5) is 10.5. The number of hydrogen-bond donors (Lipinski definition) is 1. The summed E-state index contributed by atoms with van der Waals surface area (Å²) in [6.07, 6.45) is 1.88. The summed E-state index contributed by atoms with van der Waals surface area (Å²) in [6.45, 7) is 0. The van der Waals surface area contributed by atoms with Crippen LogP contribution in [0.4, 0.5) is 10.2 Å². The van der Waals surface area contributed by atoms with E-state index >= 15 is 0 Å². The number of benzene rings is 1. The molecule has 76 valence electrons. The third-order valence-electron chi connectivity index (χ3n) is 2.04. The van der Waals surface area contributed by atoms with Crippen molar-refractivity contribution in [3.05, 3.63) is 41.8 Å². The second kappa shape index (κ2) is 3.53. The average Bonchev–Trinajstić information content (AvgIpc) is 2.60. The monoisotopic (exact) mass is 205 g/mol. The van der Waals surface area contributed by atoms with Crippen LogP contribution in [0.5, 0.6) is 0 Å². The summed E-state index contributed by atoms with van der Waals surface area (Å²) in [5.74, 6) is -0.306. The number of carbonyl (C=O) groups excluding carboxylic acids is 1. The molecular weight excluding hydrogens is 197 g/mol. The number of aldehydes is 1. The van der Waals surface area contributed by atoms with Gasteiger partial charge in [0, 0.05) is 0 Å². The number of nitrogens with two attached hydrogens (primary N) is 1. The van der Waals surface area contributed by atoms with Gasteiger partial charge in [0.15, 0.2) is 6.29 Å². The van der Waals surface area contributed by atoms with Crippen molar-refractivity contribution in [2.75, 3.05) is 5.73 Å². The third kappa shape index (κ3) is 1.48. The Hall–Kier alpha value is -2.17. The summed E-state index contributed by atoms with van der Waals surface area (Å²) < 4.78 is 14.6. The fourth-order valence-electron chi connectivity index (χ4n) is 1.28. The maximum absolute atomic E-state index is 13.4. The van der Waals surface area contributed by atoms with Crippen molar-refractivity contribution in [2.24, 2.45) is 0 Å². The molecule has 0 amide bonds. The highest BCUT2D eigenvalue weighted by molar-refractivity contribution is 5.81. The lowest BCUT2D eigenvalue weighted by atomic mass is 10.3. The lowest BCUT2D eigenvalue weighted by molar-refractivity contribution is 0.112. The highest BCUT2D eigenvalue weighted by Gasteiger charge is 2.10. The maximum Gasteiger partial charge on any atom is 0.155 e. The van der Waals surface area contributed by atoms with Crippen molar-refractivity contribution in [3.63, 3.8) is 0 Å². The largest absolute Gasteiger partial charge is 0.383 e. The van der Waals surface area contributed by atoms with Crippen LogP contribution in [0.3, 0.4) is 0 Å². The fourth-order valence-corrected chi connectivity index (χ4v) is 1.28. The Bertz CT molecular complexity index is 507. The van der Waals surface area contributed by atoms with Gasteiger partial charge in [-0.1, -0.05) is 12.1 Å². The van der Waals surface area contributed by atoms with Gasteiger partial charge in [0.25, 0.3) is 0 Å². The molecule has 2 N–H and O–H groups in total. The third-order valence-corrected chi connectivity index (χ3v) is 2.04. The summed E-state index contributed by atoms with van der Waals surface area (Å²) >= 11 is 0. The first kappa shape index (κ1) is 9.39. The van der Waals surface area contributed by atoms with E-state index in [0.717, 1.165) is 0 Å². The van der Waals surface area contributed by atoms with Crippen molar-refractivity contribution >= 4 is 12.1 Å². The zero-order valence-corrected chi connectivity index (χ0v) is 7.72. The first-order valence-electron chi connectivity index (χ1n) is 4.27. The SMILES string of the molecule is Nc1c(C=O)cnn1-c1ccccc1F. The second-order valence-electron chi connectivity index (χ2n) is 2.97. The first-order chi connectivity index (χ1) is 7.24. The van der Waals surface area contributed by atoms with Gasteiger partial charge in [-0.3, -0.25) is 4.79 Å². The Morgan fingerprint density at radius 1 is 1.40 bits per heavy atom. The highest BCUT2D eigenvalue weighted by Crippen LogP contribution is 2.17. The van der Waals surface area contributed by atoms with Gasteiger partial charge >= 0.3 is 0 Å². The van der Waals surface area contributed by atoms with Gasteiger partial charge in [0.1, 0.15) is 17.3 Å². The van der Waals surface area contributed by atoms with Crippen molar-refractivity contribution in [1.29, 1.82) is 0 Å². The van der Waals surface area contributed by atoms with Gasteiger partial charge in [-0.2, -0.15) is 5.10 Å². The number of carbonyl (C=O) groups is 1. The highest BCUT2D eigenvalue weighted by atomic mass is 19.1. The van der Waals surface area contributed by atoms with E-state index in [1.54, 1.807) is 12.1 Å². The molecule has 0 aliphatic heterocycles. The molecule has 0 fully saturated rings. The number of para-hydroxylation sites is 1. The molecule has 1 aromatic heterocycles. The molecule has 15 heavy (non-hydrogen) atoms. The summed E-state index contributed by atoms with van der Waals surface area (Å²) in [6, 6.07) is 6.07. The molecule has 0 bridgehead atoms. The molecule has 0 atom stereocenters. The molecule has 5 heteroatoms. The topological polar surface area (TPSA) is 60.9 Å². The molecule has 2 aromatic rings. The Balaban J connectivity index is 2.59. The van der Waals surface area contributed by atoms with Crippen LogP contribution in [0.2, 0.25) is 0 Å². The summed E-state index contributed by atoms with van der Waals surface area (Å²) in [5, 5.41) is 3.84. The number of nitrogen functional groups attached to an aromatic ring is 1. The van der Waals surface area contributed by atoms with E-state index in [1.165, 1.54) is 23.0 Å². The van der Waals surface area contributed by atoms with E-state index in [9.17, 15) is 9.18 Å². The van der Waals surface area contributed by atoms with E-state index in [4.69, 9.17) is 5.73 Å². The lowest BCUT2D eigenvalue weighted by Crippen LogP contribution is -2.04. The van der Waals surface area contributed by atoms with Gasteiger partial charge in [-0.25, -0.2) is 9.07 Å². The van der Waals surface area contributed by atoms with Crippen molar-refractivity contribution in [3.8, 4) is 5.69 Å². The van der Waals surface area contributed by atoms with Gasteiger partial charge in [-0.05, 0) is 12.1 Å². The molecule has 0 unspecified atom stereocenters. The lowest BCUT2D eigenvalue weighted by Gasteiger charge is -2.04. The minimum atomic E-state index is -0.440. The molecule has 0 saturated heterocycles. The Morgan fingerprint density at radius 2 is 2.13 bits per heavy atom. The summed E-state index contributed by atoms with van der Waals surface area (Å²) in [5.41, 5.74) is 6.09. The van der Waals surface area contributed by atoms with Crippen LogP contribution >= 0.6 is 0 Å². The molecule has 2 rings (SSSR count). The number of aromatic nitrogens is 2. The van der Waals surface area contributed by atoms with Gasteiger partial charge in [-0.15, -0.1) is 0 Å². The van der Waals surface area contributed by atoms with E-state index in [0.29, 0.717) is 6.29 Å². The standard InChI is InChI=1S/C10H8FN3O/c11-8-3-1-2-4-9(8)14-10(12)7(6-15)5-13-14/h1-6H,12H2. The predicted octanol–water partition coefficient (Wildman–Crippen LogP) is 1.41. The molecule has 1 aromatic carbocycles. The zero-order valence-electron chi connectivity index (χ0n) is 7.72. The fraction of sp³-hybridized carbons (Fsp3) is 0. The number of hydrogen-bond acceptors (Lipinski definition) is 3. The second-order valence-corrected chi connectivity index (χ2v) is 2.97. The number of nitrogens with zero attached hydrogens (tertiary/aromatic N) is 2. The van der Waals surface area contributed by atoms with Gasteiger partial charge < -0.3 is 5.73 Å². The van der Waals surface area contributed by atoms with Gasteiger partial charge in [0.05, 0.1) is 11.8 Å². The molecular formula is C10H8FN3O. The Labute approximate surface area is 85.1 Å². The van der Waals surface area contributed by atoms with Crippen LogP contribution in [-0.4, -0.2) is 16.1 Å². The number of rotatable bonds is 2. The molecule has 0 radical (unpaired) electrons. The minimum Gasteiger partial charge on any atom is -0.383 e. The number of halogens is 1.